The van der Waals surface area contributed by atoms with Crippen molar-refractivity contribution in [2.75, 3.05) is 31.1 Å². The van der Waals surface area contributed by atoms with E-state index in [9.17, 15) is 14.9 Å². The Morgan fingerprint density at radius 1 is 1.30 bits per heavy atom. The van der Waals surface area contributed by atoms with Crippen LogP contribution in [0.4, 0.5) is 5.82 Å². The Labute approximate surface area is 204 Å². The number of piperidine rings is 1. The number of amides is 1. The summed E-state index contributed by atoms with van der Waals surface area (Å²) in [5, 5.41) is 9.73. The molecule has 0 N–H and O–H groups in total. The Morgan fingerprint density at radius 2 is 2.09 bits per heavy atom. The van der Waals surface area contributed by atoms with Gasteiger partial charge in [-0.2, -0.15) is 5.26 Å². The number of nitrogens with zero attached hydrogens (tertiary/aromatic N) is 4. The van der Waals surface area contributed by atoms with Gasteiger partial charge in [0.15, 0.2) is 0 Å². The number of anilines is 1. The van der Waals surface area contributed by atoms with Crippen LogP contribution in [0.3, 0.4) is 0 Å². The lowest BCUT2D eigenvalue weighted by Gasteiger charge is -2.35. The highest BCUT2D eigenvalue weighted by Crippen LogP contribution is 2.37. The van der Waals surface area contributed by atoms with Crippen LogP contribution in [-0.4, -0.2) is 52.0 Å². The van der Waals surface area contributed by atoms with E-state index >= 15 is 0 Å². The van der Waals surface area contributed by atoms with Crippen molar-refractivity contribution in [2.24, 2.45) is 5.92 Å². The standard InChI is InChI=1S/C24H30N4O3S2/c1-4-27-21(26-9-5-7-15(2)13-26)18(16(3)19(12-25)22(27)29)11-20-23(30)28(24(32)33-20)14-17-8-6-10-31-17/h11,15,17H,4-10,13-14H2,1-3H3/b20-11-. The summed E-state index contributed by atoms with van der Waals surface area (Å²) < 4.78 is 7.91. The molecule has 3 saturated heterocycles. The number of carbonyl (C=O) groups excluding carboxylic acids is 1. The van der Waals surface area contributed by atoms with E-state index in [-0.39, 0.29) is 23.1 Å². The Kier molecular flexibility index (Phi) is 7.27. The smallest absolute Gasteiger partial charge is 0.270 e. The van der Waals surface area contributed by atoms with Gasteiger partial charge >= 0.3 is 0 Å². The summed E-state index contributed by atoms with van der Waals surface area (Å²) in [7, 11) is 0. The number of rotatable bonds is 5. The normalized spacial score (nSPS) is 24.7. The molecular formula is C24H30N4O3S2. The van der Waals surface area contributed by atoms with Crippen LogP contribution in [-0.2, 0) is 16.1 Å². The number of thiocarbonyl (C=S) groups is 1. The van der Waals surface area contributed by atoms with Crippen molar-refractivity contribution in [3.63, 3.8) is 0 Å². The highest BCUT2D eigenvalue weighted by molar-refractivity contribution is 8.26. The molecule has 3 aliphatic rings. The first-order valence-corrected chi connectivity index (χ1v) is 12.9. The Morgan fingerprint density at radius 3 is 2.73 bits per heavy atom. The third-order valence-corrected chi connectivity index (χ3v) is 8.06. The lowest BCUT2D eigenvalue weighted by molar-refractivity contribution is -0.123. The maximum absolute atomic E-state index is 13.3. The topological polar surface area (TPSA) is 78.6 Å². The molecule has 4 rings (SSSR count). The zero-order valence-electron chi connectivity index (χ0n) is 19.4. The average Bonchev–Trinajstić information content (AvgIpc) is 3.40. The molecule has 0 saturated carbocycles. The molecule has 7 nitrogen and oxygen atoms in total. The van der Waals surface area contributed by atoms with Crippen molar-refractivity contribution < 1.29 is 9.53 Å². The fraction of sp³-hybridized carbons (Fsp3) is 0.583. The van der Waals surface area contributed by atoms with Gasteiger partial charge in [0.2, 0.25) is 0 Å². The molecule has 3 aliphatic heterocycles. The second kappa shape index (κ2) is 10.00. The number of carbonyl (C=O) groups is 1. The number of ether oxygens (including phenoxy) is 1. The van der Waals surface area contributed by atoms with Crippen molar-refractivity contribution in [3.05, 3.63) is 31.9 Å². The van der Waals surface area contributed by atoms with Gasteiger partial charge < -0.3 is 9.64 Å². The highest BCUT2D eigenvalue weighted by atomic mass is 32.2. The van der Waals surface area contributed by atoms with E-state index < -0.39 is 0 Å². The van der Waals surface area contributed by atoms with Crippen molar-refractivity contribution in [3.8, 4) is 6.07 Å². The van der Waals surface area contributed by atoms with E-state index in [1.807, 2.05) is 13.0 Å². The second-order valence-corrected chi connectivity index (χ2v) is 10.7. The van der Waals surface area contributed by atoms with Gasteiger partial charge in [-0.1, -0.05) is 30.9 Å². The highest BCUT2D eigenvalue weighted by Gasteiger charge is 2.35. The maximum atomic E-state index is 13.3. The number of nitriles is 1. The van der Waals surface area contributed by atoms with E-state index in [1.54, 1.807) is 16.4 Å². The summed E-state index contributed by atoms with van der Waals surface area (Å²) in [6.45, 7) is 9.26. The zero-order valence-corrected chi connectivity index (χ0v) is 21.1. The molecule has 1 amide bonds. The summed E-state index contributed by atoms with van der Waals surface area (Å²) >= 11 is 6.80. The molecule has 3 fully saturated rings. The van der Waals surface area contributed by atoms with Gasteiger partial charge in [-0.3, -0.25) is 19.1 Å². The van der Waals surface area contributed by atoms with Crippen molar-refractivity contribution in [1.29, 1.82) is 5.26 Å². The zero-order chi connectivity index (χ0) is 23.7. The van der Waals surface area contributed by atoms with Crippen LogP contribution >= 0.6 is 24.0 Å². The minimum absolute atomic E-state index is 0.0196. The summed E-state index contributed by atoms with van der Waals surface area (Å²) in [6.07, 6.45) is 5.98. The number of aromatic nitrogens is 1. The molecule has 2 atom stereocenters. The lowest BCUT2D eigenvalue weighted by atomic mass is 9.98. The SMILES string of the molecule is CCn1c(N2CCCC(C)C2)c(/C=C2\SC(=S)N(CC3CCCO3)C2=O)c(C)c(C#N)c1=O. The van der Waals surface area contributed by atoms with Crippen LogP contribution in [0.2, 0.25) is 0 Å². The Bertz CT molecular complexity index is 1100. The quantitative estimate of drug-likeness (QED) is 0.464. The first-order chi connectivity index (χ1) is 15.8. The molecule has 2 unspecified atom stereocenters. The predicted molar refractivity (Wildman–Crippen MR) is 135 cm³/mol. The van der Waals surface area contributed by atoms with Gasteiger partial charge in [0, 0.05) is 31.8 Å². The van der Waals surface area contributed by atoms with Crippen LogP contribution in [0.25, 0.3) is 6.08 Å². The molecule has 1 aromatic heterocycles. The van der Waals surface area contributed by atoms with Crippen LogP contribution in [0.5, 0.6) is 0 Å². The van der Waals surface area contributed by atoms with Gasteiger partial charge in [0.1, 0.15) is 21.8 Å². The first kappa shape index (κ1) is 24.0. The lowest BCUT2D eigenvalue weighted by Crippen LogP contribution is -2.40. The van der Waals surface area contributed by atoms with Crippen LogP contribution < -0.4 is 10.5 Å². The molecule has 4 heterocycles. The minimum atomic E-state index is -0.270. The molecule has 0 aliphatic carbocycles. The fourth-order valence-corrected chi connectivity index (χ4v) is 6.20. The van der Waals surface area contributed by atoms with E-state index in [0.717, 1.165) is 56.8 Å². The number of thioether (sulfide) groups is 1. The molecule has 9 heteroatoms. The molecule has 0 spiro atoms. The van der Waals surface area contributed by atoms with Gasteiger partial charge in [0.25, 0.3) is 11.5 Å². The molecule has 176 valence electrons. The van der Waals surface area contributed by atoms with E-state index in [1.165, 1.54) is 11.8 Å². The molecular weight excluding hydrogens is 456 g/mol. The Hall–Kier alpha value is -2.15. The Balaban J connectivity index is 1.80. The summed E-state index contributed by atoms with van der Waals surface area (Å²) in [5.41, 5.74) is 1.24. The molecule has 0 radical (unpaired) electrons. The van der Waals surface area contributed by atoms with Crippen molar-refractivity contribution in [2.45, 2.75) is 59.1 Å². The minimum Gasteiger partial charge on any atom is -0.376 e. The number of hydrogen-bond acceptors (Lipinski definition) is 7. The molecule has 1 aromatic rings. The number of hydrogen-bond donors (Lipinski definition) is 0. The average molecular weight is 487 g/mol. The van der Waals surface area contributed by atoms with E-state index in [2.05, 4.69) is 17.9 Å². The maximum Gasteiger partial charge on any atom is 0.270 e. The van der Waals surface area contributed by atoms with E-state index in [4.69, 9.17) is 17.0 Å². The van der Waals surface area contributed by atoms with Crippen LogP contribution in [0.1, 0.15) is 56.2 Å². The van der Waals surface area contributed by atoms with Crippen LogP contribution in [0.15, 0.2) is 9.70 Å². The monoisotopic (exact) mass is 486 g/mol. The van der Waals surface area contributed by atoms with Crippen molar-refractivity contribution >= 4 is 46.1 Å². The largest absolute Gasteiger partial charge is 0.376 e. The van der Waals surface area contributed by atoms with Gasteiger partial charge in [-0.15, -0.1) is 0 Å². The predicted octanol–water partition coefficient (Wildman–Crippen LogP) is 3.66. The van der Waals surface area contributed by atoms with Gasteiger partial charge in [-0.05, 0) is 57.1 Å². The third-order valence-electron chi connectivity index (χ3n) is 6.68. The molecule has 0 bridgehead atoms. The number of pyridine rings is 1. The van der Waals surface area contributed by atoms with E-state index in [0.29, 0.717) is 33.8 Å². The summed E-state index contributed by atoms with van der Waals surface area (Å²) in [5.74, 6) is 1.17. The first-order valence-electron chi connectivity index (χ1n) is 11.6. The summed E-state index contributed by atoms with van der Waals surface area (Å²) in [6, 6.07) is 2.09. The van der Waals surface area contributed by atoms with Crippen LogP contribution in [0, 0.1) is 24.2 Å². The van der Waals surface area contributed by atoms with Crippen molar-refractivity contribution in [1.82, 2.24) is 9.47 Å². The summed E-state index contributed by atoms with van der Waals surface area (Å²) in [4.78, 5) is 30.8. The third kappa shape index (κ3) is 4.61. The van der Waals surface area contributed by atoms with Gasteiger partial charge in [-0.25, -0.2) is 0 Å². The molecule has 33 heavy (non-hydrogen) atoms. The van der Waals surface area contributed by atoms with Gasteiger partial charge in [0.05, 0.1) is 17.6 Å². The molecule has 0 aromatic carbocycles. The second-order valence-electron chi connectivity index (χ2n) is 9.02. The fourth-order valence-electron chi connectivity index (χ4n) is 4.94.